The number of primary amides is 1. The van der Waals surface area contributed by atoms with E-state index in [4.69, 9.17) is 10.5 Å². The second-order valence-electron chi connectivity index (χ2n) is 5.37. The molecule has 1 atom stereocenters. The monoisotopic (exact) mass is 431 g/mol. The molecule has 0 aliphatic rings. The average Bonchev–Trinajstić information content (AvgIpc) is 3.15. The molecule has 156 valence electrons. The maximum Gasteiger partial charge on any atom is 0.321 e. The number of thiazole rings is 1. The highest BCUT2D eigenvalue weighted by molar-refractivity contribution is 7.99. The number of thioether (sulfide) groups is 1. The number of aliphatic imine (C=N–C) groups is 1. The largest absolute Gasteiger partial charge is 0.464 e. The summed E-state index contributed by atoms with van der Waals surface area (Å²) in [6, 6.07) is -0.582. The van der Waals surface area contributed by atoms with Gasteiger partial charge in [-0.3, -0.25) is 19.4 Å². The van der Waals surface area contributed by atoms with Crippen LogP contribution in [0.1, 0.15) is 13.8 Å². The van der Waals surface area contributed by atoms with Gasteiger partial charge >= 0.3 is 11.9 Å². The summed E-state index contributed by atoms with van der Waals surface area (Å²) < 4.78 is 4.99. The summed E-state index contributed by atoms with van der Waals surface area (Å²) in [6.07, 6.45) is 3.25. The third-order valence-corrected chi connectivity index (χ3v) is 5.00. The molecule has 1 aromatic rings. The Morgan fingerprint density at radius 3 is 2.82 bits per heavy atom. The normalized spacial score (nSPS) is 11.9. The SMILES string of the molecule is CC(=O)OCCN(c1nccs1)[C@@H](CSCCN=CCNOC(C)=O)C(N)=O. The Labute approximate surface area is 171 Å². The summed E-state index contributed by atoms with van der Waals surface area (Å²) in [7, 11) is 0. The number of hydrogen-bond acceptors (Lipinski definition) is 11. The quantitative estimate of drug-likeness (QED) is 0.184. The molecule has 28 heavy (non-hydrogen) atoms. The minimum Gasteiger partial charge on any atom is -0.464 e. The highest BCUT2D eigenvalue weighted by Gasteiger charge is 2.26. The Balaban J connectivity index is 2.47. The number of amides is 1. The molecule has 3 N–H and O–H groups in total. The lowest BCUT2D eigenvalue weighted by molar-refractivity contribution is -0.147. The van der Waals surface area contributed by atoms with E-state index in [1.165, 1.54) is 36.9 Å². The maximum atomic E-state index is 12.0. The molecule has 0 saturated heterocycles. The first-order valence-electron chi connectivity index (χ1n) is 8.47. The van der Waals surface area contributed by atoms with Gasteiger partial charge in [-0.25, -0.2) is 4.98 Å². The van der Waals surface area contributed by atoms with Crippen molar-refractivity contribution in [3.63, 3.8) is 0 Å². The van der Waals surface area contributed by atoms with Crippen LogP contribution in [0.2, 0.25) is 0 Å². The Morgan fingerprint density at radius 2 is 2.21 bits per heavy atom. The molecule has 1 rings (SSSR count). The van der Waals surface area contributed by atoms with E-state index < -0.39 is 17.9 Å². The Hall–Kier alpha value is -2.18. The standard InChI is InChI=1S/C16H25N5O5S2/c1-12(22)25-8-7-21(16-19-6-10-28-16)14(15(17)24)11-27-9-5-18-3-4-20-26-13(2)23/h3,6,10,14,20H,4-5,7-9,11H2,1-2H3,(H2,17,24)/t14-/m0/s1. The molecule has 1 heterocycles. The van der Waals surface area contributed by atoms with Crippen LogP contribution in [0.4, 0.5) is 5.13 Å². The van der Waals surface area contributed by atoms with Crippen molar-refractivity contribution in [2.45, 2.75) is 19.9 Å². The van der Waals surface area contributed by atoms with E-state index in [-0.39, 0.29) is 12.6 Å². The summed E-state index contributed by atoms with van der Waals surface area (Å²) in [5, 5.41) is 2.45. The Kier molecular flexibility index (Phi) is 11.9. The number of rotatable bonds is 14. The summed E-state index contributed by atoms with van der Waals surface area (Å²) >= 11 is 2.91. The molecule has 0 fully saturated rings. The second kappa shape index (κ2) is 13.9. The number of carbonyl (C=O) groups is 3. The first-order valence-corrected chi connectivity index (χ1v) is 10.5. The number of hydroxylamine groups is 1. The molecule has 0 bridgehead atoms. The van der Waals surface area contributed by atoms with Gasteiger partial charge in [-0.15, -0.1) is 16.8 Å². The van der Waals surface area contributed by atoms with Gasteiger partial charge in [0.15, 0.2) is 5.13 Å². The number of ether oxygens (including phenoxy) is 1. The molecule has 0 unspecified atom stereocenters. The van der Waals surface area contributed by atoms with Crippen LogP contribution in [-0.2, 0) is 24.0 Å². The van der Waals surface area contributed by atoms with Crippen LogP contribution in [-0.4, -0.2) is 72.8 Å². The minimum absolute atomic E-state index is 0.142. The Bertz CT molecular complexity index is 641. The smallest absolute Gasteiger partial charge is 0.321 e. The fraction of sp³-hybridized carbons (Fsp3) is 0.562. The lowest BCUT2D eigenvalue weighted by Gasteiger charge is -2.28. The third kappa shape index (κ3) is 10.2. The minimum atomic E-state index is -0.582. The van der Waals surface area contributed by atoms with Crippen molar-refractivity contribution in [2.24, 2.45) is 10.7 Å². The van der Waals surface area contributed by atoms with Gasteiger partial charge in [-0.2, -0.15) is 11.8 Å². The van der Waals surface area contributed by atoms with Crippen molar-refractivity contribution in [3.05, 3.63) is 11.6 Å². The predicted octanol–water partition coefficient (Wildman–Crippen LogP) is 0.238. The van der Waals surface area contributed by atoms with Gasteiger partial charge in [0.1, 0.15) is 12.6 Å². The van der Waals surface area contributed by atoms with Gasteiger partial charge in [0.25, 0.3) is 0 Å². The molecule has 1 amide bonds. The summed E-state index contributed by atoms with van der Waals surface area (Å²) in [4.78, 5) is 48.3. The number of nitrogens with one attached hydrogen (secondary N) is 1. The molecule has 0 spiro atoms. The van der Waals surface area contributed by atoms with Gasteiger partial charge in [0.05, 0.1) is 13.1 Å². The van der Waals surface area contributed by atoms with Gasteiger partial charge in [-0.05, 0) is 0 Å². The highest BCUT2D eigenvalue weighted by Crippen LogP contribution is 2.21. The van der Waals surface area contributed by atoms with Gasteiger partial charge < -0.3 is 20.2 Å². The molecular formula is C16H25N5O5S2. The topological polar surface area (TPSA) is 136 Å². The molecular weight excluding hydrogens is 406 g/mol. The van der Waals surface area contributed by atoms with Crippen LogP contribution in [0.3, 0.4) is 0 Å². The van der Waals surface area contributed by atoms with Gasteiger partial charge in [-0.1, -0.05) is 0 Å². The van der Waals surface area contributed by atoms with Crippen molar-refractivity contribution < 1.29 is 24.0 Å². The number of nitrogens with two attached hydrogens (primary N) is 1. The van der Waals surface area contributed by atoms with Crippen LogP contribution >= 0.6 is 23.1 Å². The number of hydrogen-bond donors (Lipinski definition) is 2. The van der Waals surface area contributed by atoms with E-state index in [0.717, 1.165) is 0 Å². The molecule has 0 aliphatic heterocycles. The average molecular weight is 432 g/mol. The molecule has 0 saturated carbocycles. The van der Waals surface area contributed by atoms with Crippen molar-refractivity contribution in [2.75, 3.05) is 42.6 Å². The van der Waals surface area contributed by atoms with E-state index in [2.05, 4.69) is 20.3 Å². The molecule has 0 aromatic carbocycles. The van der Waals surface area contributed by atoms with E-state index in [0.29, 0.717) is 36.3 Å². The predicted molar refractivity (Wildman–Crippen MR) is 110 cm³/mol. The fourth-order valence-electron chi connectivity index (χ4n) is 2.00. The van der Waals surface area contributed by atoms with Crippen LogP contribution in [0.25, 0.3) is 0 Å². The van der Waals surface area contributed by atoms with Crippen molar-refractivity contribution >= 4 is 52.3 Å². The summed E-state index contributed by atoms with van der Waals surface area (Å²) in [6.45, 7) is 3.96. The van der Waals surface area contributed by atoms with E-state index in [1.54, 1.807) is 22.7 Å². The zero-order valence-electron chi connectivity index (χ0n) is 15.8. The maximum absolute atomic E-state index is 12.0. The van der Waals surface area contributed by atoms with E-state index >= 15 is 0 Å². The molecule has 1 aromatic heterocycles. The first-order chi connectivity index (χ1) is 13.4. The van der Waals surface area contributed by atoms with Crippen LogP contribution in [0.5, 0.6) is 0 Å². The zero-order valence-corrected chi connectivity index (χ0v) is 17.5. The van der Waals surface area contributed by atoms with E-state index in [1.807, 2.05) is 0 Å². The Morgan fingerprint density at radius 1 is 1.43 bits per heavy atom. The van der Waals surface area contributed by atoms with Crippen LogP contribution in [0.15, 0.2) is 16.6 Å². The molecule has 10 nitrogen and oxygen atoms in total. The fourth-order valence-corrected chi connectivity index (χ4v) is 3.69. The number of anilines is 1. The van der Waals surface area contributed by atoms with Gasteiger partial charge in [0, 0.05) is 49.7 Å². The van der Waals surface area contributed by atoms with Crippen molar-refractivity contribution in [1.29, 1.82) is 0 Å². The molecule has 12 heteroatoms. The van der Waals surface area contributed by atoms with Crippen molar-refractivity contribution in [3.8, 4) is 0 Å². The summed E-state index contributed by atoms with van der Waals surface area (Å²) in [5.74, 6) is -0.135. The lowest BCUT2D eigenvalue weighted by atomic mass is 10.3. The molecule has 0 aliphatic carbocycles. The number of aromatic nitrogens is 1. The van der Waals surface area contributed by atoms with Crippen LogP contribution in [0, 0.1) is 0 Å². The lowest BCUT2D eigenvalue weighted by Crippen LogP contribution is -2.48. The number of esters is 1. The zero-order chi connectivity index (χ0) is 20.8. The molecule has 0 radical (unpaired) electrons. The third-order valence-electron chi connectivity index (χ3n) is 3.17. The number of nitrogens with zero attached hydrogens (tertiary/aromatic N) is 3. The van der Waals surface area contributed by atoms with Crippen LogP contribution < -0.4 is 16.1 Å². The first kappa shape index (κ1) is 23.9. The number of carbonyl (C=O) groups excluding carboxylic acids is 3. The van der Waals surface area contributed by atoms with E-state index in [9.17, 15) is 14.4 Å². The van der Waals surface area contributed by atoms with Gasteiger partial charge in [0.2, 0.25) is 5.91 Å². The second-order valence-corrected chi connectivity index (χ2v) is 7.39. The summed E-state index contributed by atoms with van der Waals surface area (Å²) in [5.41, 5.74) is 8.04. The van der Waals surface area contributed by atoms with Crippen molar-refractivity contribution in [1.82, 2.24) is 10.5 Å². The highest BCUT2D eigenvalue weighted by atomic mass is 32.2.